The second kappa shape index (κ2) is 11.4. The lowest BCUT2D eigenvalue weighted by Crippen LogP contribution is -2.44. The third-order valence-electron chi connectivity index (χ3n) is 3.38. The number of pyridine rings is 1. The van der Waals surface area contributed by atoms with E-state index in [0.717, 1.165) is 9.80 Å². The minimum absolute atomic E-state index is 0.199. The van der Waals surface area contributed by atoms with E-state index in [0.29, 0.717) is 5.56 Å². The molecule has 0 saturated heterocycles. The number of aromatic nitrogens is 1. The zero-order chi connectivity index (χ0) is 22.0. The molecule has 0 aliphatic carbocycles. The van der Waals surface area contributed by atoms with Crippen LogP contribution in [0.4, 0.5) is 0 Å². The Kier molecular flexibility index (Phi) is 9.24. The predicted molar refractivity (Wildman–Crippen MR) is 87.4 cm³/mol. The summed E-state index contributed by atoms with van der Waals surface area (Å²) in [5.41, 5.74) is 0.922. The first kappa shape index (κ1) is 23.5. The zero-order valence-electron chi connectivity index (χ0n) is 15.5. The van der Waals surface area contributed by atoms with E-state index >= 15 is 0 Å². The third kappa shape index (κ3) is 9.85. The van der Waals surface area contributed by atoms with Gasteiger partial charge in [0.05, 0.1) is 35.3 Å². The van der Waals surface area contributed by atoms with Crippen LogP contribution in [0.1, 0.15) is 23.9 Å². The molecule has 1 rings (SSSR count). The summed E-state index contributed by atoms with van der Waals surface area (Å²) in [7, 11) is 0. The van der Waals surface area contributed by atoms with E-state index < -0.39 is 50.1 Å². The Bertz CT molecular complexity index is 755. The first-order chi connectivity index (χ1) is 13.6. The van der Waals surface area contributed by atoms with Gasteiger partial charge < -0.3 is 39.6 Å². The van der Waals surface area contributed by atoms with E-state index in [4.69, 9.17) is 0 Å². The smallest absolute Gasteiger partial charge is 0.0560 e. The van der Waals surface area contributed by atoms with Crippen molar-refractivity contribution in [3.8, 4) is 11.8 Å². The Morgan fingerprint density at radius 2 is 1.14 bits per heavy atom. The lowest BCUT2D eigenvalue weighted by atomic mass is 10.1. The second-order valence-electron chi connectivity index (χ2n) is 5.99. The SMILES string of the molecule is CC#Cc1cc(CN(CC(=O)[O-])CC(=O)[O-])nc(CN(CC(=O)[O-])CC(=O)[O-])c1. The van der Waals surface area contributed by atoms with Crippen molar-refractivity contribution in [3.63, 3.8) is 0 Å². The zero-order valence-corrected chi connectivity index (χ0v) is 15.5. The Balaban J connectivity index is 3.17. The maximum absolute atomic E-state index is 10.8. The molecule has 0 bridgehead atoms. The maximum atomic E-state index is 10.8. The standard InChI is InChI=1S/C18H21N3O8/c1-2-3-12-4-13(6-20(8-15(22)23)9-16(24)25)19-14(5-12)7-21(10-17(26)27)11-18(28)29/h4-5H,6-11H2,1H3,(H,22,23)(H,24,25)(H,26,27)(H,28,29)/p-4. The Morgan fingerprint density at radius 1 is 0.793 bits per heavy atom. The van der Waals surface area contributed by atoms with Crippen LogP contribution in [0.25, 0.3) is 0 Å². The molecule has 1 heterocycles. The van der Waals surface area contributed by atoms with Crippen LogP contribution < -0.4 is 20.4 Å². The minimum atomic E-state index is -1.50. The molecule has 1 aromatic heterocycles. The van der Waals surface area contributed by atoms with Gasteiger partial charge in [0.2, 0.25) is 0 Å². The van der Waals surface area contributed by atoms with Gasteiger partial charge in [-0.3, -0.25) is 14.8 Å². The summed E-state index contributed by atoms with van der Waals surface area (Å²) in [4.78, 5) is 49.6. The van der Waals surface area contributed by atoms with Crippen LogP contribution in [0.5, 0.6) is 0 Å². The molecular formula is C18H17N3O8-4. The molecule has 0 spiro atoms. The molecule has 156 valence electrons. The third-order valence-corrected chi connectivity index (χ3v) is 3.38. The van der Waals surface area contributed by atoms with Crippen molar-refractivity contribution in [1.29, 1.82) is 0 Å². The highest BCUT2D eigenvalue weighted by Gasteiger charge is 2.13. The van der Waals surface area contributed by atoms with E-state index in [-0.39, 0.29) is 24.5 Å². The fourth-order valence-corrected chi connectivity index (χ4v) is 2.55. The van der Waals surface area contributed by atoms with Gasteiger partial charge in [-0.15, -0.1) is 5.92 Å². The fraction of sp³-hybridized carbons (Fsp3) is 0.389. The Morgan fingerprint density at radius 3 is 1.41 bits per heavy atom. The Hall–Kier alpha value is -3.49. The van der Waals surface area contributed by atoms with Crippen LogP contribution in [-0.2, 0) is 32.3 Å². The van der Waals surface area contributed by atoms with E-state index in [1.54, 1.807) is 6.92 Å². The molecule has 0 fully saturated rings. The molecule has 0 amide bonds. The minimum Gasteiger partial charge on any atom is -0.549 e. The van der Waals surface area contributed by atoms with Gasteiger partial charge in [0.1, 0.15) is 0 Å². The Labute approximate surface area is 166 Å². The molecule has 0 aliphatic rings. The van der Waals surface area contributed by atoms with Crippen LogP contribution >= 0.6 is 0 Å². The number of hydrogen-bond donors (Lipinski definition) is 0. The highest BCUT2D eigenvalue weighted by atomic mass is 16.4. The summed E-state index contributed by atoms with van der Waals surface area (Å²) < 4.78 is 0. The van der Waals surface area contributed by atoms with Gasteiger partial charge in [-0.1, -0.05) is 5.92 Å². The second-order valence-corrected chi connectivity index (χ2v) is 5.99. The van der Waals surface area contributed by atoms with Crippen molar-refractivity contribution in [2.45, 2.75) is 20.0 Å². The van der Waals surface area contributed by atoms with Crippen LogP contribution in [0.2, 0.25) is 0 Å². The largest absolute Gasteiger partial charge is 0.549 e. The molecule has 0 aliphatic heterocycles. The van der Waals surface area contributed by atoms with Gasteiger partial charge in [0, 0.05) is 44.8 Å². The van der Waals surface area contributed by atoms with E-state index in [1.807, 2.05) is 0 Å². The van der Waals surface area contributed by atoms with Crippen LogP contribution in [0.3, 0.4) is 0 Å². The van der Waals surface area contributed by atoms with Crippen molar-refractivity contribution >= 4 is 23.9 Å². The molecule has 0 atom stereocenters. The van der Waals surface area contributed by atoms with Crippen LogP contribution in [-0.4, -0.2) is 64.8 Å². The summed E-state index contributed by atoms with van der Waals surface area (Å²) in [6, 6.07) is 3.00. The van der Waals surface area contributed by atoms with Crippen molar-refractivity contribution in [2.24, 2.45) is 0 Å². The van der Waals surface area contributed by atoms with Gasteiger partial charge in [0.25, 0.3) is 0 Å². The van der Waals surface area contributed by atoms with E-state index in [2.05, 4.69) is 16.8 Å². The molecule has 0 radical (unpaired) electrons. The number of rotatable bonds is 12. The molecule has 11 nitrogen and oxygen atoms in total. The first-order valence-corrected chi connectivity index (χ1v) is 8.25. The summed E-state index contributed by atoms with van der Waals surface area (Å²) in [6.07, 6.45) is 0. The number of hydrogen-bond acceptors (Lipinski definition) is 11. The lowest BCUT2D eigenvalue weighted by Gasteiger charge is -2.24. The summed E-state index contributed by atoms with van der Waals surface area (Å²) in [5.74, 6) is -0.573. The molecule has 29 heavy (non-hydrogen) atoms. The molecule has 0 unspecified atom stereocenters. The van der Waals surface area contributed by atoms with Crippen LogP contribution in [0, 0.1) is 11.8 Å². The van der Waals surface area contributed by atoms with Crippen molar-refractivity contribution < 1.29 is 39.6 Å². The number of carbonyl (C=O) groups is 4. The summed E-state index contributed by atoms with van der Waals surface area (Å²) >= 11 is 0. The fourth-order valence-electron chi connectivity index (χ4n) is 2.55. The molecule has 0 N–H and O–H groups in total. The van der Waals surface area contributed by atoms with Crippen molar-refractivity contribution in [1.82, 2.24) is 14.8 Å². The molecule has 11 heteroatoms. The van der Waals surface area contributed by atoms with E-state index in [9.17, 15) is 39.6 Å². The highest BCUT2D eigenvalue weighted by Crippen LogP contribution is 2.11. The molecule has 0 saturated carbocycles. The van der Waals surface area contributed by atoms with Crippen molar-refractivity contribution in [2.75, 3.05) is 26.2 Å². The first-order valence-electron chi connectivity index (χ1n) is 8.25. The van der Waals surface area contributed by atoms with Crippen LogP contribution in [0.15, 0.2) is 12.1 Å². The molecule has 0 aromatic carbocycles. The monoisotopic (exact) mass is 403 g/mol. The topological polar surface area (TPSA) is 180 Å². The van der Waals surface area contributed by atoms with Crippen molar-refractivity contribution in [3.05, 3.63) is 29.1 Å². The summed E-state index contributed by atoms with van der Waals surface area (Å²) in [5, 5.41) is 43.3. The number of carboxylic acids is 4. The highest BCUT2D eigenvalue weighted by molar-refractivity contribution is 5.70. The van der Waals surface area contributed by atoms with Gasteiger partial charge >= 0.3 is 0 Å². The van der Waals surface area contributed by atoms with Gasteiger partial charge in [-0.25, -0.2) is 0 Å². The molecule has 1 aromatic rings. The average molecular weight is 403 g/mol. The predicted octanol–water partition coefficient (Wildman–Crippen LogP) is -5.94. The number of carbonyl (C=O) groups excluding carboxylic acids is 4. The van der Waals surface area contributed by atoms with Gasteiger partial charge in [-0.05, 0) is 19.1 Å². The van der Waals surface area contributed by atoms with Gasteiger partial charge in [-0.2, -0.15) is 0 Å². The van der Waals surface area contributed by atoms with Gasteiger partial charge in [0.15, 0.2) is 0 Å². The van der Waals surface area contributed by atoms with E-state index in [1.165, 1.54) is 12.1 Å². The number of nitrogens with zero attached hydrogens (tertiary/aromatic N) is 3. The summed E-state index contributed by atoms with van der Waals surface area (Å²) in [6.45, 7) is -1.57. The lowest BCUT2D eigenvalue weighted by molar-refractivity contribution is -0.313. The molecular weight excluding hydrogens is 386 g/mol. The number of carboxylic acid groups (broad SMARTS) is 4. The number of aliphatic carboxylic acids is 4. The normalized spacial score (nSPS) is 10.4. The average Bonchev–Trinajstić information content (AvgIpc) is 2.52. The quantitative estimate of drug-likeness (QED) is 0.303. The maximum Gasteiger partial charge on any atom is 0.0560 e.